The van der Waals surface area contributed by atoms with Gasteiger partial charge in [0.2, 0.25) is 11.9 Å². The Kier molecular flexibility index (Phi) is 5.51. The van der Waals surface area contributed by atoms with Gasteiger partial charge in [-0.15, -0.1) is 5.10 Å². The standard InChI is InChI=1S/C18H16Cl2F2N6O/c19-12-5-1-10(2-6-12)7-27-9-23-18(26-27)24-13(29)8-28-16(11-3-4-11)14(20)15(25-28)17(21)22/h1-2,5-6,9,11,17H,3-4,7-8H2,(H,24,26,29). The highest BCUT2D eigenvalue weighted by Gasteiger charge is 2.34. The smallest absolute Gasteiger partial charge is 0.283 e. The van der Waals surface area contributed by atoms with Crippen LogP contribution in [-0.4, -0.2) is 30.5 Å². The molecule has 1 aliphatic carbocycles. The molecular weight excluding hydrogens is 425 g/mol. The number of carbonyl (C=O) groups excluding carboxylic acids is 1. The molecule has 0 atom stereocenters. The fraction of sp³-hybridized carbons (Fsp3) is 0.333. The summed E-state index contributed by atoms with van der Waals surface area (Å²) in [5.74, 6) is -0.299. The second-order valence-corrected chi connectivity index (χ2v) is 7.57. The number of carbonyl (C=O) groups is 1. The maximum Gasteiger partial charge on any atom is 0.283 e. The number of hydrogen-bond donors (Lipinski definition) is 1. The first-order chi connectivity index (χ1) is 13.9. The van der Waals surface area contributed by atoms with Crippen molar-refractivity contribution < 1.29 is 13.6 Å². The number of benzene rings is 1. The highest BCUT2D eigenvalue weighted by molar-refractivity contribution is 6.32. The molecule has 1 N–H and O–H groups in total. The quantitative estimate of drug-likeness (QED) is 0.594. The van der Waals surface area contributed by atoms with E-state index < -0.39 is 18.0 Å². The number of rotatable bonds is 7. The summed E-state index contributed by atoms with van der Waals surface area (Å²) in [6.45, 7) is 0.211. The molecule has 152 valence electrons. The van der Waals surface area contributed by atoms with E-state index in [2.05, 4.69) is 20.5 Å². The molecule has 4 rings (SSSR count). The van der Waals surface area contributed by atoms with E-state index in [1.54, 1.807) is 16.8 Å². The maximum atomic E-state index is 13.1. The van der Waals surface area contributed by atoms with Crippen molar-refractivity contribution >= 4 is 35.1 Å². The molecule has 0 unspecified atom stereocenters. The monoisotopic (exact) mass is 440 g/mol. The van der Waals surface area contributed by atoms with Crippen LogP contribution in [0.25, 0.3) is 0 Å². The van der Waals surface area contributed by atoms with E-state index in [4.69, 9.17) is 23.2 Å². The van der Waals surface area contributed by atoms with Crippen LogP contribution in [-0.2, 0) is 17.9 Å². The molecule has 2 aromatic heterocycles. The van der Waals surface area contributed by atoms with Gasteiger partial charge in [0.05, 0.1) is 17.3 Å². The molecular formula is C18H16Cl2F2N6O. The SMILES string of the molecule is O=C(Cn1nc(C(F)F)c(Cl)c1C1CC1)Nc1ncn(Cc2ccc(Cl)cc2)n1. The third kappa shape index (κ3) is 4.56. The van der Waals surface area contributed by atoms with E-state index in [0.29, 0.717) is 17.3 Å². The summed E-state index contributed by atoms with van der Waals surface area (Å²) in [6.07, 6.45) is 0.368. The van der Waals surface area contributed by atoms with E-state index in [1.165, 1.54) is 11.0 Å². The van der Waals surface area contributed by atoms with Gasteiger partial charge in [-0.3, -0.25) is 14.8 Å². The average molecular weight is 441 g/mol. The van der Waals surface area contributed by atoms with Crippen LogP contribution in [0.4, 0.5) is 14.7 Å². The minimum Gasteiger partial charge on any atom is -0.292 e. The first kappa shape index (κ1) is 19.8. The van der Waals surface area contributed by atoms with Crippen LogP contribution in [0.3, 0.4) is 0 Å². The first-order valence-electron chi connectivity index (χ1n) is 8.88. The predicted molar refractivity (Wildman–Crippen MR) is 103 cm³/mol. The summed E-state index contributed by atoms with van der Waals surface area (Å²) in [7, 11) is 0. The fourth-order valence-electron chi connectivity index (χ4n) is 2.98. The van der Waals surface area contributed by atoms with Crippen LogP contribution in [0.1, 0.15) is 42.1 Å². The molecule has 1 saturated carbocycles. The number of nitrogens with zero attached hydrogens (tertiary/aromatic N) is 5. The molecule has 1 amide bonds. The number of aromatic nitrogens is 5. The molecule has 1 aromatic carbocycles. The zero-order chi connectivity index (χ0) is 20.5. The lowest BCUT2D eigenvalue weighted by Crippen LogP contribution is -2.21. The zero-order valence-corrected chi connectivity index (χ0v) is 16.5. The van der Waals surface area contributed by atoms with Crippen molar-refractivity contribution in [2.24, 2.45) is 0 Å². The highest BCUT2D eigenvalue weighted by Crippen LogP contribution is 2.45. The Morgan fingerprint density at radius 3 is 2.59 bits per heavy atom. The van der Waals surface area contributed by atoms with Gasteiger partial charge in [-0.05, 0) is 30.5 Å². The van der Waals surface area contributed by atoms with Gasteiger partial charge in [0.15, 0.2) is 0 Å². The molecule has 0 bridgehead atoms. The molecule has 0 aliphatic heterocycles. The van der Waals surface area contributed by atoms with E-state index >= 15 is 0 Å². The molecule has 2 heterocycles. The van der Waals surface area contributed by atoms with Crippen molar-refractivity contribution in [3.05, 3.63) is 57.6 Å². The van der Waals surface area contributed by atoms with Crippen molar-refractivity contribution in [3.8, 4) is 0 Å². The summed E-state index contributed by atoms with van der Waals surface area (Å²) in [5, 5.41) is 11.2. The predicted octanol–water partition coefficient (Wildman–Crippen LogP) is 4.28. The average Bonchev–Trinajstić information content (AvgIpc) is 3.32. The summed E-state index contributed by atoms with van der Waals surface area (Å²) in [5.41, 5.74) is 0.960. The molecule has 29 heavy (non-hydrogen) atoms. The molecule has 3 aromatic rings. The van der Waals surface area contributed by atoms with Crippen molar-refractivity contribution in [2.45, 2.75) is 38.3 Å². The second-order valence-electron chi connectivity index (χ2n) is 6.76. The van der Waals surface area contributed by atoms with E-state index in [9.17, 15) is 13.6 Å². The van der Waals surface area contributed by atoms with Crippen LogP contribution in [0.5, 0.6) is 0 Å². The van der Waals surface area contributed by atoms with Gasteiger partial charge in [-0.2, -0.15) is 5.10 Å². The Labute approximate surface area is 174 Å². The van der Waals surface area contributed by atoms with Crippen LogP contribution in [0.15, 0.2) is 30.6 Å². The third-order valence-corrected chi connectivity index (χ3v) is 5.11. The molecule has 1 aliphatic rings. The van der Waals surface area contributed by atoms with Gasteiger partial charge in [-0.25, -0.2) is 18.4 Å². The minimum atomic E-state index is -2.80. The highest BCUT2D eigenvalue weighted by atomic mass is 35.5. The van der Waals surface area contributed by atoms with Gasteiger partial charge in [0.25, 0.3) is 6.43 Å². The second kappa shape index (κ2) is 8.08. The molecule has 0 spiro atoms. The lowest BCUT2D eigenvalue weighted by atomic mass is 10.2. The Balaban J connectivity index is 1.42. The van der Waals surface area contributed by atoms with Gasteiger partial charge in [0, 0.05) is 10.9 Å². The molecule has 11 heteroatoms. The van der Waals surface area contributed by atoms with E-state index in [-0.39, 0.29) is 23.4 Å². The molecule has 0 radical (unpaired) electrons. The fourth-order valence-corrected chi connectivity index (χ4v) is 3.48. The van der Waals surface area contributed by atoms with Crippen LogP contribution < -0.4 is 5.32 Å². The summed E-state index contributed by atoms with van der Waals surface area (Å²) < 4.78 is 29.0. The van der Waals surface area contributed by atoms with Crippen molar-refractivity contribution in [1.82, 2.24) is 24.5 Å². The Morgan fingerprint density at radius 2 is 1.93 bits per heavy atom. The number of alkyl halides is 2. The lowest BCUT2D eigenvalue weighted by Gasteiger charge is -2.06. The molecule has 1 fully saturated rings. The van der Waals surface area contributed by atoms with Crippen molar-refractivity contribution in [3.63, 3.8) is 0 Å². The number of amides is 1. The zero-order valence-electron chi connectivity index (χ0n) is 15.0. The lowest BCUT2D eigenvalue weighted by molar-refractivity contribution is -0.117. The van der Waals surface area contributed by atoms with Crippen molar-refractivity contribution in [2.75, 3.05) is 5.32 Å². The minimum absolute atomic E-state index is 0.0549. The number of halogens is 4. The molecule has 0 saturated heterocycles. The number of anilines is 1. The number of hydrogen-bond acceptors (Lipinski definition) is 4. The first-order valence-corrected chi connectivity index (χ1v) is 9.64. The van der Waals surface area contributed by atoms with Gasteiger partial charge in [-0.1, -0.05) is 35.3 Å². The topological polar surface area (TPSA) is 77.6 Å². The summed E-state index contributed by atoms with van der Waals surface area (Å²) >= 11 is 11.9. The normalized spacial score (nSPS) is 13.8. The van der Waals surface area contributed by atoms with Crippen LogP contribution >= 0.6 is 23.2 Å². The third-order valence-electron chi connectivity index (χ3n) is 4.47. The molecule has 7 nitrogen and oxygen atoms in total. The van der Waals surface area contributed by atoms with Crippen LogP contribution in [0.2, 0.25) is 10.0 Å². The van der Waals surface area contributed by atoms with Crippen molar-refractivity contribution in [1.29, 1.82) is 0 Å². The largest absolute Gasteiger partial charge is 0.292 e. The number of nitrogens with one attached hydrogen (secondary N) is 1. The van der Waals surface area contributed by atoms with Gasteiger partial charge in [0.1, 0.15) is 18.6 Å². The van der Waals surface area contributed by atoms with E-state index in [0.717, 1.165) is 18.4 Å². The Morgan fingerprint density at radius 1 is 1.21 bits per heavy atom. The van der Waals surface area contributed by atoms with Gasteiger partial charge >= 0.3 is 0 Å². The van der Waals surface area contributed by atoms with E-state index in [1.807, 2.05) is 12.1 Å². The summed E-state index contributed by atoms with van der Waals surface area (Å²) in [6, 6.07) is 7.28. The summed E-state index contributed by atoms with van der Waals surface area (Å²) in [4.78, 5) is 16.4. The van der Waals surface area contributed by atoms with Crippen LogP contribution in [0, 0.1) is 0 Å². The Hall–Kier alpha value is -2.52. The maximum absolute atomic E-state index is 13.1. The van der Waals surface area contributed by atoms with Gasteiger partial charge < -0.3 is 0 Å². The Bertz CT molecular complexity index is 1030.